The summed E-state index contributed by atoms with van der Waals surface area (Å²) in [5.74, 6) is -1.98. The SMILES string of the molecule is Cc1ccc(NC(=O)CSc2ccc(F)c(F)c2)cc1Cl. The second kappa shape index (κ2) is 6.91. The van der Waals surface area contributed by atoms with Gasteiger partial charge in [0.05, 0.1) is 5.75 Å². The second-order valence-corrected chi connectivity index (χ2v) is 5.83. The van der Waals surface area contributed by atoms with Crippen molar-refractivity contribution in [3.05, 3.63) is 58.6 Å². The van der Waals surface area contributed by atoms with Gasteiger partial charge in [-0.2, -0.15) is 0 Å². The van der Waals surface area contributed by atoms with Crippen LogP contribution >= 0.6 is 23.4 Å². The molecule has 1 N–H and O–H groups in total. The standard InChI is InChI=1S/C15H12ClF2NOS/c1-9-2-3-10(6-12(9)16)19-15(20)8-21-11-4-5-13(17)14(18)7-11/h2-7H,8H2,1H3,(H,19,20). The van der Waals surface area contributed by atoms with E-state index >= 15 is 0 Å². The van der Waals surface area contributed by atoms with Gasteiger partial charge in [0.1, 0.15) is 0 Å². The average Bonchev–Trinajstić information content (AvgIpc) is 2.44. The number of anilines is 1. The van der Waals surface area contributed by atoms with Crippen LogP contribution in [0.25, 0.3) is 0 Å². The monoisotopic (exact) mass is 327 g/mol. The summed E-state index contributed by atoms with van der Waals surface area (Å²) in [4.78, 5) is 12.3. The molecule has 0 radical (unpaired) electrons. The van der Waals surface area contributed by atoms with E-state index in [1.54, 1.807) is 18.2 Å². The molecule has 0 aliphatic rings. The van der Waals surface area contributed by atoms with Crippen LogP contribution in [-0.2, 0) is 4.79 Å². The predicted molar refractivity (Wildman–Crippen MR) is 81.9 cm³/mol. The molecule has 2 nitrogen and oxygen atoms in total. The van der Waals surface area contributed by atoms with Crippen molar-refractivity contribution < 1.29 is 13.6 Å². The van der Waals surface area contributed by atoms with Gasteiger partial charge in [0, 0.05) is 15.6 Å². The molecular weight excluding hydrogens is 316 g/mol. The second-order valence-electron chi connectivity index (χ2n) is 4.38. The first kappa shape index (κ1) is 15.8. The van der Waals surface area contributed by atoms with Crippen molar-refractivity contribution in [2.45, 2.75) is 11.8 Å². The molecule has 0 aliphatic heterocycles. The number of halogens is 3. The zero-order valence-electron chi connectivity index (χ0n) is 11.1. The summed E-state index contributed by atoms with van der Waals surface area (Å²) in [6.07, 6.45) is 0. The zero-order chi connectivity index (χ0) is 15.4. The number of carbonyl (C=O) groups excluding carboxylic acids is 1. The molecule has 0 fully saturated rings. The predicted octanol–water partition coefficient (Wildman–Crippen LogP) is 4.66. The lowest BCUT2D eigenvalue weighted by Crippen LogP contribution is -2.14. The number of aryl methyl sites for hydroxylation is 1. The molecule has 110 valence electrons. The third kappa shape index (κ3) is 4.44. The van der Waals surface area contributed by atoms with Crippen molar-refractivity contribution in [1.82, 2.24) is 0 Å². The fourth-order valence-corrected chi connectivity index (χ4v) is 2.48. The molecule has 0 saturated carbocycles. The maximum atomic E-state index is 13.0. The Balaban J connectivity index is 1.92. The maximum absolute atomic E-state index is 13.0. The van der Waals surface area contributed by atoms with E-state index in [-0.39, 0.29) is 11.7 Å². The van der Waals surface area contributed by atoms with Crippen molar-refractivity contribution in [3.63, 3.8) is 0 Å². The Hall–Kier alpha value is -1.59. The summed E-state index contributed by atoms with van der Waals surface area (Å²) in [6.45, 7) is 1.87. The highest BCUT2D eigenvalue weighted by Gasteiger charge is 2.07. The third-order valence-electron chi connectivity index (χ3n) is 2.72. The first-order valence-corrected chi connectivity index (χ1v) is 7.46. The van der Waals surface area contributed by atoms with Crippen molar-refractivity contribution in [3.8, 4) is 0 Å². The van der Waals surface area contributed by atoms with Crippen LogP contribution in [0.2, 0.25) is 5.02 Å². The topological polar surface area (TPSA) is 29.1 Å². The molecule has 21 heavy (non-hydrogen) atoms. The van der Waals surface area contributed by atoms with Gasteiger partial charge in [0.15, 0.2) is 11.6 Å². The van der Waals surface area contributed by atoms with E-state index in [0.717, 1.165) is 29.5 Å². The first-order valence-electron chi connectivity index (χ1n) is 6.09. The number of rotatable bonds is 4. The highest BCUT2D eigenvalue weighted by atomic mass is 35.5. The van der Waals surface area contributed by atoms with Gasteiger partial charge in [-0.15, -0.1) is 11.8 Å². The Morgan fingerprint density at radius 1 is 1.19 bits per heavy atom. The van der Waals surface area contributed by atoms with Gasteiger partial charge in [-0.25, -0.2) is 8.78 Å². The van der Waals surface area contributed by atoms with Gasteiger partial charge in [-0.3, -0.25) is 4.79 Å². The lowest BCUT2D eigenvalue weighted by molar-refractivity contribution is -0.113. The maximum Gasteiger partial charge on any atom is 0.234 e. The Kier molecular flexibility index (Phi) is 5.20. The molecule has 2 aromatic carbocycles. The van der Waals surface area contributed by atoms with Gasteiger partial charge in [-0.05, 0) is 42.8 Å². The number of amides is 1. The van der Waals surface area contributed by atoms with Crippen LogP contribution in [0.1, 0.15) is 5.56 Å². The van der Waals surface area contributed by atoms with Crippen LogP contribution in [0, 0.1) is 18.6 Å². The number of hydrogen-bond acceptors (Lipinski definition) is 2. The molecule has 0 unspecified atom stereocenters. The van der Waals surface area contributed by atoms with E-state index in [4.69, 9.17) is 11.6 Å². The molecule has 0 heterocycles. The van der Waals surface area contributed by atoms with Crippen molar-refractivity contribution in [2.75, 3.05) is 11.1 Å². The van der Waals surface area contributed by atoms with Gasteiger partial charge < -0.3 is 5.32 Å². The summed E-state index contributed by atoms with van der Waals surface area (Å²) in [6, 6.07) is 8.75. The summed E-state index contributed by atoms with van der Waals surface area (Å²) in [5, 5.41) is 3.26. The molecule has 0 aliphatic carbocycles. The van der Waals surface area contributed by atoms with Crippen LogP contribution in [0.5, 0.6) is 0 Å². The van der Waals surface area contributed by atoms with E-state index in [9.17, 15) is 13.6 Å². The number of thioether (sulfide) groups is 1. The summed E-state index contributed by atoms with van der Waals surface area (Å²) in [5.41, 5.74) is 1.52. The Morgan fingerprint density at radius 3 is 2.62 bits per heavy atom. The summed E-state index contributed by atoms with van der Waals surface area (Å²) in [7, 11) is 0. The highest BCUT2D eigenvalue weighted by molar-refractivity contribution is 8.00. The molecule has 2 aromatic rings. The molecule has 6 heteroatoms. The average molecular weight is 328 g/mol. The van der Waals surface area contributed by atoms with Crippen molar-refractivity contribution in [2.24, 2.45) is 0 Å². The number of hydrogen-bond donors (Lipinski definition) is 1. The number of benzene rings is 2. The minimum Gasteiger partial charge on any atom is -0.325 e. The van der Waals surface area contributed by atoms with E-state index in [1.165, 1.54) is 6.07 Å². The molecule has 0 atom stereocenters. The molecule has 0 spiro atoms. The lowest BCUT2D eigenvalue weighted by Gasteiger charge is -2.07. The Morgan fingerprint density at radius 2 is 1.95 bits per heavy atom. The van der Waals surface area contributed by atoms with Crippen LogP contribution in [-0.4, -0.2) is 11.7 Å². The van der Waals surface area contributed by atoms with Gasteiger partial charge in [0.2, 0.25) is 5.91 Å². The van der Waals surface area contributed by atoms with Crippen molar-refractivity contribution >= 4 is 35.0 Å². The smallest absolute Gasteiger partial charge is 0.234 e. The molecule has 2 rings (SSSR count). The van der Waals surface area contributed by atoms with Crippen LogP contribution in [0.4, 0.5) is 14.5 Å². The third-order valence-corrected chi connectivity index (χ3v) is 4.12. The minimum atomic E-state index is -0.925. The fourth-order valence-electron chi connectivity index (χ4n) is 1.58. The largest absolute Gasteiger partial charge is 0.325 e. The van der Waals surface area contributed by atoms with Gasteiger partial charge in [-0.1, -0.05) is 17.7 Å². The Bertz CT molecular complexity index is 679. The van der Waals surface area contributed by atoms with Gasteiger partial charge >= 0.3 is 0 Å². The first-order chi connectivity index (χ1) is 9.95. The zero-order valence-corrected chi connectivity index (χ0v) is 12.7. The summed E-state index contributed by atoms with van der Waals surface area (Å²) >= 11 is 7.10. The van der Waals surface area contributed by atoms with E-state index in [1.807, 2.05) is 6.92 Å². The van der Waals surface area contributed by atoms with Crippen LogP contribution in [0.3, 0.4) is 0 Å². The number of nitrogens with one attached hydrogen (secondary N) is 1. The molecule has 1 amide bonds. The number of carbonyl (C=O) groups is 1. The molecule has 0 aromatic heterocycles. The Labute approximate surface area is 130 Å². The van der Waals surface area contributed by atoms with Crippen molar-refractivity contribution in [1.29, 1.82) is 0 Å². The minimum absolute atomic E-state index is 0.0938. The van der Waals surface area contributed by atoms with Gasteiger partial charge in [0.25, 0.3) is 0 Å². The fraction of sp³-hybridized carbons (Fsp3) is 0.133. The normalized spacial score (nSPS) is 10.5. The van der Waals surface area contributed by atoms with E-state index < -0.39 is 11.6 Å². The highest BCUT2D eigenvalue weighted by Crippen LogP contribution is 2.22. The quantitative estimate of drug-likeness (QED) is 0.828. The molecular formula is C15H12ClF2NOS. The van der Waals surface area contributed by atoms with E-state index in [2.05, 4.69) is 5.32 Å². The molecule has 0 bridgehead atoms. The summed E-state index contributed by atoms with van der Waals surface area (Å²) < 4.78 is 25.8. The van der Waals surface area contributed by atoms with Crippen LogP contribution < -0.4 is 5.32 Å². The van der Waals surface area contributed by atoms with E-state index in [0.29, 0.717) is 15.6 Å². The molecule has 0 saturated heterocycles. The lowest BCUT2D eigenvalue weighted by atomic mass is 10.2. The van der Waals surface area contributed by atoms with Crippen LogP contribution in [0.15, 0.2) is 41.3 Å².